The molecule has 0 amide bonds. The lowest BCUT2D eigenvalue weighted by Gasteiger charge is -2.09. The minimum atomic E-state index is -4.80. The van der Waals surface area contributed by atoms with Gasteiger partial charge in [0.25, 0.3) is 10.0 Å². The van der Waals surface area contributed by atoms with Crippen LogP contribution < -0.4 is 9.46 Å². The Morgan fingerprint density at radius 1 is 1.03 bits per heavy atom. The van der Waals surface area contributed by atoms with E-state index in [4.69, 9.17) is 4.42 Å². The van der Waals surface area contributed by atoms with Crippen molar-refractivity contribution in [2.75, 3.05) is 6.54 Å². The summed E-state index contributed by atoms with van der Waals surface area (Å²) in [7, 11) is -4.14. The predicted molar refractivity (Wildman–Crippen MR) is 119 cm³/mol. The van der Waals surface area contributed by atoms with Crippen molar-refractivity contribution in [3.63, 3.8) is 0 Å². The normalized spacial score (nSPS) is 12.1. The van der Waals surface area contributed by atoms with Gasteiger partial charge in [-0.1, -0.05) is 0 Å². The van der Waals surface area contributed by atoms with Crippen LogP contribution in [-0.4, -0.2) is 37.1 Å². The third-order valence-corrected chi connectivity index (χ3v) is 6.20. The third kappa shape index (κ3) is 6.43. The summed E-state index contributed by atoms with van der Waals surface area (Å²) in [5.41, 5.74) is 1.60. The maximum Gasteiger partial charge on any atom is 0.573 e. The second-order valence-electron chi connectivity index (χ2n) is 7.58. The second-order valence-corrected chi connectivity index (χ2v) is 9.28. The zero-order valence-electron chi connectivity index (χ0n) is 18.3. The SMILES string of the molecule is O=C(CCc1cc(-c2ccc(OC(F)(F)F)cc2)ncn1)CNS(=O)(=O)c1cc2cc(F)ccc2o1. The number of Topliss-reactive ketones (excluding diaryl/α,β-unsaturated/α-hetero) is 1. The monoisotopic (exact) mass is 523 g/mol. The highest BCUT2D eigenvalue weighted by atomic mass is 32.2. The Hall–Kier alpha value is -3.84. The molecule has 36 heavy (non-hydrogen) atoms. The van der Waals surface area contributed by atoms with Crippen LogP contribution in [0.15, 0.2) is 70.4 Å². The van der Waals surface area contributed by atoms with Crippen molar-refractivity contribution in [3.8, 4) is 17.0 Å². The molecule has 0 aliphatic heterocycles. The number of halogens is 4. The van der Waals surface area contributed by atoms with E-state index in [1.807, 2.05) is 0 Å². The zero-order valence-corrected chi connectivity index (χ0v) is 19.1. The van der Waals surface area contributed by atoms with E-state index in [0.29, 0.717) is 17.0 Å². The molecule has 0 saturated heterocycles. The van der Waals surface area contributed by atoms with Crippen molar-refractivity contribution in [3.05, 3.63) is 72.4 Å². The molecule has 8 nitrogen and oxygen atoms in total. The van der Waals surface area contributed by atoms with Gasteiger partial charge in [0.2, 0.25) is 5.09 Å². The minimum Gasteiger partial charge on any atom is -0.443 e. The average Bonchev–Trinajstić information content (AvgIpc) is 3.25. The number of ketones is 1. The predicted octanol–water partition coefficient (Wildman–Crippen LogP) is 4.41. The van der Waals surface area contributed by atoms with E-state index in [1.165, 1.54) is 24.5 Å². The number of rotatable bonds is 9. The van der Waals surface area contributed by atoms with Gasteiger partial charge in [-0.3, -0.25) is 4.79 Å². The van der Waals surface area contributed by atoms with E-state index >= 15 is 0 Å². The van der Waals surface area contributed by atoms with E-state index < -0.39 is 39.6 Å². The van der Waals surface area contributed by atoms with Crippen LogP contribution in [0.2, 0.25) is 0 Å². The summed E-state index contributed by atoms with van der Waals surface area (Å²) in [6.45, 7) is -0.494. The molecule has 188 valence electrons. The summed E-state index contributed by atoms with van der Waals surface area (Å²) in [5, 5.41) is -0.174. The van der Waals surface area contributed by atoms with Crippen molar-refractivity contribution in [2.45, 2.75) is 24.3 Å². The number of nitrogens with one attached hydrogen (secondary N) is 1. The Labute approximate surface area is 202 Å². The molecule has 0 unspecified atom stereocenters. The van der Waals surface area contributed by atoms with E-state index in [1.54, 1.807) is 6.07 Å². The summed E-state index contributed by atoms with van der Waals surface area (Å²) < 4.78 is 86.3. The quantitative estimate of drug-likeness (QED) is 0.324. The van der Waals surface area contributed by atoms with Crippen LogP contribution in [-0.2, 0) is 21.2 Å². The van der Waals surface area contributed by atoms with Gasteiger partial charge in [0, 0.05) is 29.1 Å². The smallest absolute Gasteiger partial charge is 0.443 e. The van der Waals surface area contributed by atoms with Gasteiger partial charge in [-0.15, -0.1) is 13.2 Å². The zero-order chi connectivity index (χ0) is 25.9. The number of fused-ring (bicyclic) bond motifs is 1. The first kappa shape index (κ1) is 25.3. The lowest BCUT2D eigenvalue weighted by molar-refractivity contribution is -0.274. The Morgan fingerprint density at radius 2 is 1.78 bits per heavy atom. The molecule has 2 aromatic carbocycles. The molecule has 2 aromatic heterocycles. The molecular formula is C23H17F4N3O5S. The van der Waals surface area contributed by atoms with Crippen molar-refractivity contribution < 1.29 is 39.9 Å². The Kier molecular flexibility index (Phi) is 7.04. The summed E-state index contributed by atoms with van der Waals surface area (Å²) in [6, 6.07) is 11.4. The molecule has 0 saturated carbocycles. The maximum absolute atomic E-state index is 13.3. The number of aromatic nitrogens is 2. The van der Waals surface area contributed by atoms with Crippen LogP contribution in [0.3, 0.4) is 0 Å². The lowest BCUT2D eigenvalue weighted by atomic mass is 10.1. The molecule has 0 bridgehead atoms. The fourth-order valence-electron chi connectivity index (χ4n) is 3.24. The van der Waals surface area contributed by atoms with Crippen LogP contribution in [0, 0.1) is 5.82 Å². The highest BCUT2D eigenvalue weighted by Crippen LogP contribution is 2.26. The van der Waals surface area contributed by atoms with E-state index in [2.05, 4.69) is 19.4 Å². The first-order chi connectivity index (χ1) is 17.0. The van der Waals surface area contributed by atoms with Gasteiger partial charge in [-0.25, -0.2) is 27.5 Å². The fourth-order valence-corrected chi connectivity index (χ4v) is 4.22. The Balaban J connectivity index is 1.33. The third-order valence-electron chi connectivity index (χ3n) is 4.95. The number of alkyl halides is 3. The van der Waals surface area contributed by atoms with Gasteiger partial charge in [-0.05, 0) is 55.0 Å². The summed E-state index contributed by atoms with van der Waals surface area (Å²) in [4.78, 5) is 20.4. The molecule has 4 aromatic rings. The number of carbonyl (C=O) groups is 1. The summed E-state index contributed by atoms with van der Waals surface area (Å²) >= 11 is 0. The second kappa shape index (κ2) is 10.0. The Bertz CT molecular complexity index is 1500. The van der Waals surface area contributed by atoms with Crippen LogP contribution in [0.25, 0.3) is 22.2 Å². The Morgan fingerprint density at radius 3 is 2.50 bits per heavy atom. The summed E-state index contributed by atoms with van der Waals surface area (Å²) in [5.74, 6) is -1.34. The van der Waals surface area contributed by atoms with Crippen molar-refractivity contribution in [1.82, 2.24) is 14.7 Å². The molecule has 0 atom stereocenters. The topological polar surface area (TPSA) is 111 Å². The largest absolute Gasteiger partial charge is 0.573 e. The lowest BCUT2D eigenvalue weighted by Crippen LogP contribution is -2.29. The molecule has 0 aliphatic carbocycles. The number of aryl methyl sites for hydroxylation is 1. The highest BCUT2D eigenvalue weighted by molar-refractivity contribution is 7.89. The van der Waals surface area contributed by atoms with Gasteiger partial charge in [0.1, 0.15) is 29.3 Å². The molecule has 1 N–H and O–H groups in total. The van der Waals surface area contributed by atoms with E-state index in [9.17, 15) is 30.8 Å². The van der Waals surface area contributed by atoms with Crippen molar-refractivity contribution >= 4 is 26.8 Å². The number of sulfonamides is 1. The molecular weight excluding hydrogens is 506 g/mol. The maximum atomic E-state index is 13.3. The molecule has 2 heterocycles. The van der Waals surface area contributed by atoms with E-state index in [0.717, 1.165) is 30.3 Å². The standard InChI is InChI=1S/C23H17F4N3O5S/c24-16-3-8-21-15(9-16)10-22(34-21)36(32,33)30-12-18(31)5-4-17-11-20(29-13-28-17)14-1-6-19(7-2-14)35-23(25,26)27/h1-3,6-11,13,30H,4-5,12H2. The van der Waals surface area contributed by atoms with E-state index in [-0.39, 0.29) is 29.6 Å². The van der Waals surface area contributed by atoms with Gasteiger partial charge >= 0.3 is 6.36 Å². The molecule has 4 rings (SSSR count). The molecule has 0 fully saturated rings. The first-order valence-corrected chi connectivity index (χ1v) is 11.8. The van der Waals surface area contributed by atoms with Crippen LogP contribution in [0.5, 0.6) is 5.75 Å². The van der Waals surface area contributed by atoms with Crippen LogP contribution in [0.4, 0.5) is 17.6 Å². The minimum absolute atomic E-state index is 0.0390. The van der Waals surface area contributed by atoms with Crippen molar-refractivity contribution in [1.29, 1.82) is 0 Å². The van der Waals surface area contributed by atoms with Crippen LogP contribution in [0.1, 0.15) is 12.1 Å². The first-order valence-electron chi connectivity index (χ1n) is 10.4. The molecule has 0 spiro atoms. The molecule has 0 aliphatic rings. The number of ether oxygens (including phenoxy) is 1. The number of benzene rings is 2. The number of furan rings is 1. The average molecular weight is 523 g/mol. The number of hydrogen-bond donors (Lipinski definition) is 1. The molecule has 13 heteroatoms. The number of carbonyl (C=O) groups excluding carboxylic acids is 1. The molecule has 0 radical (unpaired) electrons. The van der Waals surface area contributed by atoms with Gasteiger partial charge < -0.3 is 9.15 Å². The fraction of sp³-hybridized carbons (Fsp3) is 0.174. The number of hydrogen-bond acceptors (Lipinski definition) is 7. The highest BCUT2D eigenvalue weighted by Gasteiger charge is 2.31. The van der Waals surface area contributed by atoms with Gasteiger partial charge in [0.15, 0.2) is 0 Å². The van der Waals surface area contributed by atoms with Gasteiger partial charge in [0.05, 0.1) is 12.2 Å². The van der Waals surface area contributed by atoms with Gasteiger partial charge in [-0.2, -0.15) is 0 Å². The van der Waals surface area contributed by atoms with Crippen LogP contribution >= 0.6 is 0 Å². The number of nitrogens with zero attached hydrogens (tertiary/aromatic N) is 2. The summed E-state index contributed by atoms with van der Waals surface area (Å²) in [6.07, 6.45) is -3.41. The van der Waals surface area contributed by atoms with Crippen molar-refractivity contribution in [2.24, 2.45) is 0 Å².